The highest BCUT2D eigenvalue weighted by molar-refractivity contribution is 5.90. The SMILES string of the molecule is C[C@]12C[C@H](Oc3ccc(NC(=O)CCN4CCCCC4)cc3)[C@@H]3c4ccc(OCc5ccccc5)cc4CC[C@H]3[C@@H]1CC[C@@H]2OCc1ccccc1. The zero-order chi connectivity index (χ0) is 35.3. The second-order valence-corrected chi connectivity index (χ2v) is 15.9. The van der Waals surface area contributed by atoms with Gasteiger partial charge in [0.2, 0.25) is 5.91 Å². The minimum absolute atomic E-state index is 0.00676. The Labute approximate surface area is 309 Å². The standard InChI is InChI=1S/C46H54N2O4/c1-46-30-42(52-37-18-16-36(17-19-37)47-44(49)25-28-48-26-9-4-10-27-48)45-39-22-20-38(50-31-33-11-5-2-6-12-33)29-35(39)15-21-40(45)41(46)23-24-43(46)51-32-34-13-7-3-8-14-34/h2-3,5-8,11-14,16-20,22,29,40-43,45H,4,9-10,15,21,23-28,30-32H2,1H3,(H,47,49)/t40-,41-,42-,43-,45+,46-/m0/s1. The number of aryl methyl sites for hydroxylation is 1. The number of likely N-dealkylation sites (tertiary alicyclic amines) is 1. The highest BCUT2D eigenvalue weighted by Crippen LogP contribution is 2.62. The number of anilines is 1. The van der Waals surface area contributed by atoms with Crippen LogP contribution in [0.5, 0.6) is 11.5 Å². The summed E-state index contributed by atoms with van der Waals surface area (Å²) in [6.45, 7) is 6.73. The van der Waals surface area contributed by atoms with Crippen molar-refractivity contribution in [3.8, 4) is 11.5 Å². The number of nitrogens with one attached hydrogen (secondary N) is 1. The lowest BCUT2D eigenvalue weighted by atomic mass is 9.54. The van der Waals surface area contributed by atoms with Crippen LogP contribution in [-0.4, -0.2) is 42.6 Å². The van der Waals surface area contributed by atoms with Gasteiger partial charge in [0.15, 0.2) is 0 Å². The Balaban J connectivity index is 1.00. The molecule has 1 amide bonds. The lowest BCUT2D eigenvalue weighted by Crippen LogP contribution is -2.52. The molecule has 0 aromatic heterocycles. The van der Waals surface area contributed by atoms with Crippen LogP contribution in [0.25, 0.3) is 0 Å². The highest BCUT2D eigenvalue weighted by Gasteiger charge is 2.59. The molecule has 1 aliphatic heterocycles. The quantitative estimate of drug-likeness (QED) is 0.160. The van der Waals surface area contributed by atoms with E-state index in [1.54, 1.807) is 0 Å². The summed E-state index contributed by atoms with van der Waals surface area (Å²) < 4.78 is 20.2. The minimum atomic E-state index is 0.00676. The van der Waals surface area contributed by atoms with Gasteiger partial charge in [0.05, 0.1) is 12.7 Å². The molecule has 8 rings (SSSR count). The van der Waals surface area contributed by atoms with E-state index < -0.39 is 0 Å². The molecule has 4 aromatic carbocycles. The van der Waals surface area contributed by atoms with Crippen LogP contribution in [0.1, 0.15) is 86.5 Å². The van der Waals surface area contributed by atoms with Crippen molar-refractivity contribution < 1.29 is 19.0 Å². The zero-order valence-electron chi connectivity index (χ0n) is 30.7. The van der Waals surface area contributed by atoms with Crippen molar-refractivity contribution in [2.45, 2.75) is 96.1 Å². The van der Waals surface area contributed by atoms with Gasteiger partial charge in [0, 0.05) is 30.0 Å². The zero-order valence-corrected chi connectivity index (χ0v) is 30.7. The monoisotopic (exact) mass is 698 g/mol. The van der Waals surface area contributed by atoms with E-state index in [-0.39, 0.29) is 23.5 Å². The lowest BCUT2D eigenvalue weighted by Gasteiger charge is -2.53. The molecular formula is C46H54N2O4. The molecule has 1 heterocycles. The normalized spacial score (nSPS) is 26.8. The summed E-state index contributed by atoms with van der Waals surface area (Å²) >= 11 is 0. The van der Waals surface area contributed by atoms with Crippen LogP contribution in [0.3, 0.4) is 0 Å². The molecule has 3 fully saturated rings. The number of piperidine rings is 1. The number of nitrogens with zero attached hydrogens (tertiary/aromatic N) is 1. The van der Waals surface area contributed by atoms with Crippen molar-refractivity contribution in [1.82, 2.24) is 4.90 Å². The highest BCUT2D eigenvalue weighted by atomic mass is 16.5. The molecule has 272 valence electrons. The van der Waals surface area contributed by atoms with Gasteiger partial charge in [-0.3, -0.25) is 4.79 Å². The van der Waals surface area contributed by atoms with Gasteiger partial charge >= 0.3 is 0 Å². The maximum absolute atomic E-state index is 12.8. The van der Waals surface area contributed by atoms with Gasteiger partial charge in [0.25, 0.3) is 0 Å². The Hall–Kier alpha value is -4.13. The minimum Gasteiger partial charge on any atom is -0.490 e. The maximum Gasteiger partial charge on any atom is 0.225 e. The first-order valence-electron chi connectivity index (χ1n) is 19.8. The van der Waals surface area contributed by atoms with Crippen molar-refractivity contribution in [1.29, 1.82) is 0 Å². The first kappa shape index (κ1) is 34.9. The van der Waals surface area contributed by atoms with Gasteiger partial charge in [-0.15, -0.1) is 0 Å². The van der Waals surface area contributed by atoms with Crippen LogP contribution in [-0.2, 0) is 29.2 Å². The molecule has 2 saturated carbocycles. The van der Waals surface area contributed by atoms with Crippen LogP contribution in [0, 0.1) is 17.3 Å². The van der Waals surface area contributed by atoms with E-state index in [0.717, 1.165) is 62.5 Å². The van der Waals surface area contributed by atoms with Gasteiger partial charge in [-0.05, 0) is 129 Å². The molecule has 52 heavy (non-hydrogen) atoms. The Morgan fingerprint density at radius 2 is 1.52 bits per heavy atom. The predicted molar refractivity (Wildman–Crippen MR) is 207 cm³/mol. The Morgan fingerprint density at radius 3 is 2.27 bits per heavy atom. The van der Waals surface area contributed by atoms with E-state index in [1.807, 2.05) is 30.3 Å². The lowest BCUT2D eigenvalue weighted by molar-refractivity contribution is -0.116. The summed E-state index contributed by atoms with van der Waals surface area (Å²) in [5.74, 6) is 3.27. The largest absolute Gasteiger partial charge is 0.490 e. The van der Waals surface area contributed by atoms with Gasteiger partial charge in [-0.25, -0.2) is 0 Å². The molecule has 0 bridgehead atoms. The van der Waals surface area contributed by atoms with Gasteiger partial charge in [0.1, 0.15) is 24.2 Å². The molecule has 4 aliphatic rings. The van der Waals surface area contributed by atoms with Crippen molar-refractivity contribution in [3.63, 3.8) is 0 Å². The summed E-state index contributed by atoms with van der Waals surface area (Å²) in [6.07, 6.45) is 9.94. The number of hydrogen-bond acceptors (Lipinski definition) is 5. The molecule has 3 aliphatic carbocycles. The van der Waals surface area contributed by atoms with Crippen LogP contribution >= 0.6 is 0 Å². The smallest absolute Gasteiger partial charge is 0.225 e. The molecule has 0 radical (unpaired) electrons. The fourth-order valence-electron chi connectivity index (χ4n) is 10.0. The molecule has 1 N–H and O–H groups in total. The summed E-state index contributed by atoms with van der Waals surface area (Å²) in [5, 5.41) is 3.12. The Morgan fingerprint density at radius 1 is 0.808 bits per heavy atom. The number of amides is 1. The fourth-order valence-corrected chi connectivity index (χ4v) is 10.0. The van der Waals surface area contributed by atoms with Crippen LogP contribution in [0.2, 0.25) is 0 Å². The van der Waals surface area contributed by atoms with E-state index >= 15 is 0 Å². The Kier molecular flexibility index (Phi) is 10.6. The molecule has 0 spiro atoms. The third-order valence-electron chi connectivity index (χ3n) is 12.6. The van der Waals surface area contributed by atoms with Crippen molar-refractivity contribution >= 4 is 11.6 Å². The van der Waals surface area contributed by atoms with Crippen LogP contribution in [0.15, 0.2) is 103 Å². The van der Waals surface area contributed by atoms with E-state index in [4.69, 9.17) is 14.2 Å². The molecule has 6 heteroatoms. The summed E-state index contributed by atoms with van der Waals surface area (Å²) in [5.41, 5.74) is 6.06. The third kappa shape index (κ3) is 7.79. The number of carbonyl (C=O) groups is 1. The molecule has 6 atom stereocenters. The van der Waals surface area contributed by atoms with Crippen molar-refractivity contribution in [3.05, 3.63) is 125 Å². The molecule has 0 unspecified atom stereocenters. The molecule has 1 saturated heterocycles. The second kappa shape index (κ2) is 15.9. The third-order valence-corrected chi connectivity index (χ3v) is 12.6. The van der Waals surface area contributed by atoms with Crippen molar-refractivity contribution in [2.75, 3.05) is 25.0 Å². The average molecular weight is 699 g/mol. The number of ether oxygens (including phenoxy) is 3. The second-order valence-electron chi connectivity index (χ2n) is 15.9. The van der Waals surface area contributed by atoms with Gasteiger partial charge in [-0.2, -0.15) is 0 Å². The fraction of sp³-hybridized carbons (Fsp3) is 0.457. The molecule has 6 nitrogen and oxygen atoms in total. The van der Waals surface area contributed by atoms with Crippen molar-refractivity contribution in [2.24, 2.45) is 17.3 Å². The van der Waals surface area contributed by atoms with Gasteiger partial charge < -0.3 is 24.4 Å². The predicted octanol–water partition coefficient (Wildman–Crippen LogP) is 9.58. The number of benzene rings is 4. The molecular weight excluding hydrogens is 645 g/mol. The van der Waals surface area contributed by atoms with E-state index in [2.05, 4.69) is 89.9 Å². The van der Waals surface area contributed by atoms with Gasteiger partial charge in [-0.1, -0.05) is 80.1 Å². The summed E-state index contributed by atoms with van der Waals surface area (Å²) in [6, 6.07) is 35.8. The first-order valence-corrected chi connectivity index (χ1v) is 19.8. The van der Waals surface area contributed by atoms with Crippen LogP contribution < -0.4 is 14.8 Å². The number of carbonyl (C=O) groups excluding carboxylic acids is 1. The number of hydrogen-bond donors (Lipinski definition) is 1. The Bertz CT molecular complexity index is 1770. The van der Waals surface area contributed by atoms with E-state index in [9.17, 15) is 4.79 Å². The number of fused-ring (bicyclic) bond motifs is 5. The average Bonchev–Trinajstić information content (AvgIpc) is 3.52. The maximum atomic E-state index is 12.8. The number of rotatable bonds is 12. The summed E-state index contributed by atoms with van der Waals surface area (Å²) in [7, 11) is 0. The topological polar surface area (TPSA) is 60.0 Å². The molecule has 4 aromatic rings. The van der Waals surface area contributed by atoms with E-state index in [0.29, 0.717) is 37.4 Å². The first-order chi connectivity index (χ1) is 25.5. The summed E-state index contributed by atoms with van der Waals surface area (Å²) in [4.78, 5) is 15.2. The van der Waals surface area contributed by atoms with Crippen LogP contribution in [0.4, 0.5) is 5.69 Å². The van der Waals surface area contributed by atoms with E-state index in [1.165, 1.54) is 47.9 Å².